The normalized spacial score (nSPS) is 32.1. The van der Waals surface area contributed by atoms with Crippen molar-refractivity contribution in [1.82, 2.24) is 10.2 Å². The molecule has 0 aliphatic carbocycles. The molecule has 0 aromatic carbocycles. The molecule has 1 saturated heterocycles. The van der Waals surface area contributed by atoms with Gasteiger partial charge in [0, 0.05) is 30.7 Å². The van der Waals surface area contributed by atoms with Crippen molar-refractivity contribution in [2.75, 3.05) is 19.7 Å². The molecule has 0 radical (unpaired) electrons. The summed E-state index contributed by atoms with van der Waals surface area (Å²) in [5.41, 5.74) is 0.148. The summed E-state index contributed by atoms with van der Waals surface area (Å²) >= 11 is 0. The van der Waals surface area contributed by atoms with E-state index in [1.54, 1.807) is 0 Å². The molecule has 13 heavy (non-hydrogen) atoms. The van der Waals surface area contributed by atoms with E-state index in [4.69, 9.17) is 0 Å². The maximum absolute atomic E-state index is 9.26. The Kier molecular flexibility index (Phi) is 3.33. The number of hydrogen-bond acceptors (Lipinski definition) is 3. The van der Waals surface area contributed by atoms with Crippen LogP contribution in [-0.4, -0.2) is 47.3 Å². The largest absolute Gasteiger partial charge is 0.395 e. The van der Waals surface area contributed by atoms with Crippen molar-refractivity contribution in [2.24, 2.45) is 0 Å². The van der Waals surface area contributed by atoms with Crippen molar-refractivity contribution in [2.45, 2.75) is 45.3 Å². The average molecular weight is 186 g/mol. The number of hydrogen-bond donors (Lipinski definition) is 2. The van der Waals surface area contributed by atoms with Gasteiger partial charge in [0.25, 0.3) is 0 Å². The summed E-state index contributed by atoms with van der Waals surface area (Å²) in [4.78, 5) is 2.41. The molecule has 2 unspecified atom stereocenters. The molecule has 0 amide bonds. The van der Waals surface area contributed by atoms with Crippen molar-refractivity contribution < 1.29 is 5.11 Å². The second kappa shape index (κ2) is 3.95. The lowest BCUT2D eigenvalue weighted by molar-refractivity contribution is -0.00635. The zero-order valence-corrected chi connectivity index (χ0v) is 9.17. The van der Waals surface area contributed by atoms with E-state index < -0.39 is 0 Å². The molecular weight excluding hydrogens is 164 g/mol. The molecule has 2 atom stereocenters. The molecule has 0 aromatic heterocycles. The Morgan fingerprint density at radius 2 is 2.00 bits per heavy atom. The summed E-state index contributed by atoms with van der Waals surface area (Å²) in [6.45, 7) is 11.0. The Morgan fingerprint density at radius 1 is 1.38 bits per heavy atom. The smallest absolute Gasteiger partial charge is 0.0599 e. The van der Waals surface area contributed by atoms with Gasteiger partial charge in [-0.05, 0) is 27.7 Å². The lowest BCUT2D eigenvalue weighted by Gasteiger charge is -2.48. The van der Waals surface area contributed by atoms with E-state index >= 15 is 0 Å². The van der Waals surface area contributed by atoms with Gasteiger partial charge in [-0.2, -0.15) is 0 Å². The van der Waals surface area contributed by atoms with E-state index in [1.807, 2.05) is 0 Å². The summed E-state index contributed by atoms with van der Waals surface area (Å²) in [6, 6.07) is 0.773. The SMILES string of the molecule is CC1CNCC(CO)N1C(C)(C)C. The van der Waals surface area contributed by atoms with Gasteiger partial charge in [0.1, 0.15) is 0 Å². The van der Waals surface area contributed by atoms with Gasteiger partial charge in [-0.15, -0.1) is 0 Å². The van der Waals surface area contributed by atoms with Crippen molar-refractivity contribution in [3.05, 3.63) is 0 Å². The highest BCUT2D eigenvalue weighted by Gasteiger charge is 2.34. The van der Waals surface area contributed by atoms with Gasteiger partial charge < -0.3 is 10.4 Å². The predicted octanol–water partition coefficient (Wildman–Crippen LogP) is 0.439. The van der Waals surface area contributed by atoms with Crippen LogP contribution in [0.2, 0.25) is 0 Å². The molecule has 78 valence electrons. The molecule has 0 spiro atoms. The highest BCUT2D eigenvalue weighted by molar-refractivity contribution is 4.92. The van der Waals surface area contributed by atoms with Crippen LogP contribution in [0.1, 0.15) is 27.7 Å². The van der Waals surface area contributed by atoms with Crippen LogP contribution in [0.4, 0.5) is 0 Å². The number of nitrogens with one attached hydrogen (secondary N) is 1. The van der Waals surface area contributed by atoms with E-state index in [0.29, 0.717) is 6.04 Å². The van der Waals surface area contributed by atoms with Crippen LogP contribution >= 0.6 is 0 Å². The Labute approximate surface area is 81.1 Å². The molecule has 0 saturated carbocycles. The molecule has 1 rings (SSSR count). The van der Waals surface area contributed by atoms with E-state index in [-0.39, 0.29) is 18.2 Å². The minimum absolute atomic E-state index is 0.148. The van der Waals surface area contributed by atoms with Crippen LogP contribution in [0.15, 0.2) is 0 Å². The van der Waals surface area contributed by atoms with Crippen molar-refractivity contribution in [1.29, 1.82) is 0 Å². The molecule has 1 fully saturated rings. The van der Waals surface area contributed by atoms with Gasteiger partial charge in [-0.1, -0.05) is 0 Å². The van der Waals surface area contributed by atoms with E-state index in [9.17, 15) is 5.11 Å². The van der Waals surface area contributed by atoms with E-state index in [1.165, 1.54) is 0 Å². The summed E-state index contributed by atoms with van der Waals surface area (Å²) in [6.07, 6.45) is 0. The van der Waals surface area contributed by atoms with Gasteiger partial charge >= 0.3 is 0 Å². The number of aliphatic hydroxyl groups is 1. The predicted molar refractivity (Wildman–Crippen MR) is 54.8 cm³/mol. The topological polar surface area (TPSA) is 35.5 Å². The lowest BCUT2D eigenvalue weighted by atomic mass is 9.97. The Bertz CT molecular complexity index is 165. The van der Waals surface area contributed by atoms with Gasteiger partial charge in [-0.25, -0.2) is 0 Å². The van der Waals surface area contributed by atoms with Crippen LogP contribution in [-0.2, 0) is 0 Å². The van der Waals surface area contributed by atoms with Crippen LogP contribution < -0.4 is 5.32 Å². The number of piperazine rings is 1. The Morgan fingerprint density at radius 3 is 2.38 bits per heavy atom. The molecule has 1 heterocycles. The maximum Gasteiger partial charge on any atom is 0.0599 e. The maximum atomic E-state index is 9.26. The van der Waals surface area contributed by atoms with Crippen LogP contribution in [0, 0.1) is 0 Å². The molecular formula is C10H22N2O. The zero-order valence-electron chi connectivity index (χ0n) is 9.17. The molecule has 0 aromatic rings. The highest BCUT2D eigenvalue weighted by Crippen LogP contribution is 2.22. The molecule has 3 nitrogen and oxygen atoms in total. The van der Waals surface area contributed by atoms with E-state index in [2.05, 4.69) is 37.9 Å². The second-order valence-electron chi connectivity index (χ2n) is 4.92. The minimum Gasteiger partial charge on any atom is -0.395 e. The van der Waals surface area contributed by atoms with Gasteiger partial charge in [0.2, 0.25) is 0 Å². The van der Waals surface area contributed by atoms with Crippen LogP contribution in [0.5, 0.6) is 0 Å². The summed E-state index contributed by atoms with van der Waals surface area (Å²) in [5, 5.41) is 12.6. The van der Waals surface area contributed by atoms with Crippen molar-refractivity contribution in [3.63, 3.8) is 0 Å². The molecule has 3 heteroatoms. The lowest BCUT2D eigenvalue weighted by Crippen LogP contribution is -2.63. The third-order valence-electron chi connectivity index (χ3n) is 2.67. The monoisotopic (exact) mass is 186 g/mol. The summed E-state index contributed by atoms with van der Waals surface area (Å²) in [7, 11) is 0. The van der Waals surface area contributed by atoms with Crippen molar-refractivity contribution in [3.8, 4) is 0 Å². The van der Waals surface area contributed by atoms with E-state index in [0.717, 1.165) is 13.1 Å². The van der Waals surface area contributed by atoms with Crippen LogP contribution in [0.3, 0.4) is 0 Å². The van der Waals surface area contributed by atoms with Crippen LogP contribution in [0.25, 0.3) is 0 Å². The zero-order chi connectivity index (χ0) is 10.1. The van der Waals surface area contributed by atoms with Crippen molar-refractivity contribution >= 4 is 0 Å². The first-order chi connectivity index (χ1) is 5.96. The molecule has 1 aliphatic heterocycles. The fraction of sp³-hybridized carbons (Fsp3) is 1.00. The second-order valence-corrected chi connectivity index (χ2v) is 4.92. The fourth-order valence-corrected chi connectivity index (χ4v) is 2.38. The number of rotatable bonds is 1. The minimum atomic E-state index is 0.148. The number of nitrogens with zero attached hydrogens (tertiary/aromatic N) is 1. The molecule has 2 N–H and O–H groups in total. The Balaban J connectivity index is 2.73. The highest BCUT2D eigenvalue weighted by atomic mass is 16.3. The average Bonchev–Trinajstić information content (AvgIpc) is 2.01. The molecule has 1 aliphatic rings. The number of aliphatic hydroxyl groups excluding tert-OH is 1. The first-order valence-corrected chi connectivity index (χ1v) is 5.07. The molecule has 0 bridgehead atoms. The standard InChI is InChI=1S/C10H22N2O/c1-8-5-11-6-9(7-13)12(8)10(2,3)4/h8-9,11,13H,5-7H2,1-4H3. The van der Waals surface area contributed by atoms with Gasteiger partial charge in [0.15, 0.2) is 0 Å². The quantitative estimate of drug-likeness (QED) is 0.624. The summed E-state index contributed by atoms with van der Waals surface area (Å²) in [5.74, 6) is 0. The van der Waals surface area contributed by atoms with Gasteiger partial charge in [0.05, 0.1) is 6.61 Å². The first kappa shape index (κ1) is 11.0. The first-order valence-electron chi connectivity index (χ1n) is 5.07. The Hall–Kier alpha value is -0.120. The fourth-order valence-electron chi connectivity index (χ4n) is 2.38. The third kappa shape index (κ3) is 2.42. The van der Waals surface area contributed by atoms with Gasteiger partial charge in [-0.3, -0.25) is 4.90 Å². The third-order valence-corrected chi connectivity index (χ3v) is 2.67. The summed E-state index contributed by atoms with van der Waals surface area (Å²) < 4.78 is 0.